The van der Waals surface area contributed by atoms with Gasteiger partial charge in [-0.15, -0.1) is 0 Å². The van der Waals surface area contributed by atoms with Gasteiger partial charge in [-0.05, 0) is 167 Å². The number of nitrogens with zero attached hydrogens (tertiary/aromatic N) is 1. The maximum atomic E-state index is 15.9. The van der Waals surface area contributed by atoms with Crippen molar-refractivity contribution in [2.45, 2.75) is 175 Å². The minimum absolute atomic E-state index is 0.0583. The van der Waals surface area contributed by atoms with E-state index in [0.29, 0.717) is 31.1 Å². The van der Waals surface area contributed by atoms with Crippen molar-refractivity contribution in [3.8, 4) is 0 Å². The number of hydrogen-bond acceptors (Lipinski definition) is 7. The van der Waals surface area contributed by atoms with E-state index in [1.54, 1.807) is 0 Å². The molecule has 65 heavy (non-hydrogen) atoms. The number of ketones is 2. The molecule has 6 fully saturated rings. The molecular formula is C56H77N3O6. The number of H-pyrrole nitrogens is 1. The van der Waals surface area contributed by atoms with Gasteiger partial charge in [0.25, 0.3) is 0 Å². The SMILES string of the molecule is CNCCC1(C)C(=O)CCC2(C)C1CCC13CCCC4C(=O)C5=C(C(Cn6cc(Cc7cc(C)cc(C8CCOCC8)c7)c7[nH]cc(c76)CCC5(C)CC(O)C5OC5(C)C)C(O)C21)C43C. The first-order valence-corrected chi connectivity index (χ1v) is 25.8. The summed E-state index contributed by atoms with van der Waals surface area (Å²) in [6.45, 7) is 18.8. The second-order valence-electron chi connectivity index (χ2n) is 24.5. The number of aryl methyl sites for hydroxylation is 2. The van der Waals surface area contributed by atoms with E-state index < -0.39 is 34.1 Å². The van der Waals surface area contributed by atoms with Crippen LogP contribution >= 0.6 is 0 Å². The van der Waals surface area contributed by atoms with Gasteiger partial charge < -0.3 is 34.6 Å². The summed E-state index contributed by atoms with van der Waals surface area (Å²) in [4.78, 5) is 33.9. The maximum absolute atomic E-state index is 15.9. The first kappa shape index (κ1) is 44.4. The van der Waals surface area contributed by atoms with E-state index in [4.69, 9.17) is 9.47 Å². The second kappa shape index (κ2) is 15.2. The molecule has 1 aromatic carbocycles. The molecule has 0 bridgehead atoms. The number of rotatable bonds is 9. The van der Waals surface area contributed by atoms with Crippen molar-refractivity contribution in [1.82, 2.24) is 14.9 Å². The van der Waals surface area contributed by atoms with Crippen LogP contribution in [0.4, 0.5) is 0 Å². The number of aromatic nitrogens is 2. The highest BCUT2D eigenvalue weighted by Gasteiger charge is 2.77. The molecule has 11 rings (SSSR count). The lowest BCUT2D eigenvalue weighted by Crippen LogP contribution is -2.70. The first-order chi connectivity index (χ1) is 30.9. The number of Topliss-reactive ketones (excluding diaryl/α,β-unsaturated/α-hetero) is 2. The Labute approximate surface area is 387 Å². The van der Waals surface area contributed by atoms with Gasteiger partial charge >= 0.3 is 0 Å². The molecule has 9 heteroatoms. The average Bonchev–Trinajstić information content (AvgIpc) is 3.49. The Kier molecular flexibility index (Phi) is 10.4. The molecule has 2 saturated heterocycles. The normalized spacial score (nSPS) is 40.4. The van der Waals surface area contributed by atoms with Gasteiger partial charge in [-0.25, -0.2) is 0 Å². The summed E-state index contributed by atoms with van der Waals surface area (Å²) in [6.07, 6.45) is 14.6. The summed E-state index contributed by atoms with van der Waals surface area (Å²) >= 11 is 0. The van der Waals surface area contributed by atoms with Gasteiger partial charge in [-0.1, -0.05) is 57.9 Å². The van der Waals surface area contributed by atoms with Crippen LogP contribution < -0.4 is 5.32 Å². The molecule has 2 aromatic heterocycles. The predicted octanol–water partition coefficient (Wildman–Crippen LogP) is 9.32. The van der Waals surface area contributed by atoms with Crippen LogP contribution in [0.5, 0.6) is 0 Å². The lowest BCUT2D eigenvalue weighted by Gasteiger charge is -2.73. The fourth-order valence-corrected chi connectivity index (χ4v) is 17.6. The number of allylic oxidation sites excluding steroid dienone is 1. The molecule has 1 spiro atoms. The summed E-state index contributed by atoms with van der Waals surface area (Å²) in [5.74, 6) is 0.823. The minimum atomic E-state index is -0.713. The van der Waals surface area contributed by atoms with Crippen LogP contribution in [0.15, 0.2) is 41.7 Å². The Bertz CT molecular complexity index is 2460. The largest absolute Gasteiger partial charge is 0.392 e. The van der Waals surface area contributed by atoms with Crippen molar-refractivity contribution in [2.75, 3.05) is 26.8 Å². The Morgan fingerprint density at radius 1 is 0.969 bits per heavy atom. The third kappa shape index (κ3) is 6.32. The number of hydrogen-bond donors (Lipinski definition) is 4. The molecule has 9 nitrogen and oxygen atoms in total. The smallest absolute Gasteiger partial charge is 0.163 e. The van der Waals surface area contributed by atoms with Gasteiger partial charge in [0, 0.05) is 73.2 Å². The van der Waals surface area contributed by atoms with Crippen LogP contribution in [-0.2, 0) is 38.4 Å². The molecule has 0 amide bonds. The molecule has 3 aliphatic heterocycles. The van der Waals surface area contributed by atoms with E-state index in [1.165, 1.54) is 44.4 Å². The molecular weight excluding hydrogens is 811 g/mol. The number of aromatic amines is 1. The third-order valence-corrected chi connectivity index (χ3v) is 20.6. The van der Waals surface area contributed by atoms with Crippen molar-refractivity contribution >= 4 is 22.6 Å². The first-order valence-electron chi connectivity index (χ1n) is 25.8. The molecule has 12 atom stereocenters. The summed E-state index contributed by atoms with van der Waals surface area (Å²) in [6, 6.07) is 7.15. The predicted molar refractivity (Wildman–Crippen MR) is 254 cm³/mol. The van der Waals surface area contributed by atoms with Crippen molar-refractivity contribution in [2.24, 2.45) is 50.7 Å². The van der Waals surface area contributed by atoms with E-state index in [0.717, 1.165) is 102 Å². The third-order valence-electron chi connectivity index (χ3n) is 20.6. The van der Waals surface area contributed by atoms with Crippen LogP contribution in [0.2, 0.25) is 0 Å². The lowest BCUT2D eigenvalue weighted by molar-refractivity contribution is -0.245. The topological polar surface area (TPSA) is 129 Å². The zero-order chi connectivity index (χ0) is 45.6. The summed E-state index contributed by atoms with van der Waals surface area (Å²) < 4.78 is 14.3. The molecule has 5 heterocycles. The van der Waals surface area contributed by atoms with Gasteiger partial charge in [0.15, 0.2) is 5.78 Å². The van der Waals surface area contributed by atoms with Gasteiger partial charge in [-0.2, -0.15) is 0 Å². The van der Waals surface area contributed by atoms with Crippen LogP contribution in [0.25, 0.3) is 11.0 Å². The molecule has 352 valence electrons. The number of fused-ring (bicyclic) bond motifs is 2. The Hall–Kier alpha value is -3.08. The van der Waals surface area contributed by atoms with Gasteiger partial charge in [0.2, 0.25) is 0 Å². The summed E-state index contributed by atoms with van der Waals surface area (Å²) in [7, 11) is 1.98. The quantitative estimate of drug-likeness (QED) is 0.158. The molecule has 0 radical (unpaired) electrons. The van der Waals surface area contributed by atoms with Crippen molar-refractivity contribution in [1.29, 1.82) is 0 Å². The van der Waals surface area contributed by atoms with Gasteiger partial charge in [0.1, 0.15) is 11.9 Å². The van der Waals surface area contributed by atoms with E-state index in [-0.39, 0.29) is 46.4 Å². The standard InChI is InChI=1S/C56H77N3O6/c1-32-24-33(26-36(25-32)34-14-22-64-23-15-34)27-37-30-59-31-38-43-44(52(4,28-40(60)50-51(2,3)65-50)17-11-35-29-58-45(37)46(35)59)48(63)39-10-9-16-56(55(39,43)7)19-12-41-53(5,20-21-57-8)42(61)13-18-54(41,6)49(56)47(38)62/h24-26,29-30,34,38-41,47,49-50,57-58,60,62H,9-23,27-28,31H2,1-8H3. The van der Waals surface area contributed by atoms with Gasteiger partial charge in [0.05, 0.1) is 28.8 Å². The molecule has 4 saturated carbocycles. The highest BCUT2D eigenvalue weighted by atomic mass is 16.6. The zero-order valence-corrected chi connectivity index (χ0v) is 40.7. The van der Waals surface area contributed by atoms with Crippen LogP contribution in [-0.4, -0.2) is 82.0 Å². The van der Waals surface area contributed by atoms with Crippen molar-refractivity contribution < 1.29 is 29.3 Å². The van der Waals surface area contributed by atoms with E-state index >= 15 is 4.79 Å². The summed E-state index contributed by atoms with van der Waals surface area (Å²) in [5.41, 5.74) is 8.56. The highest BCUT2D eigenvalue weighted by molar-refractivity contribution is 6.04. The minimum Gasteiger partial charge on any atom is -0.392 e. The van der Waals surface area contributed by atoms with Crippen LogP contribution in [0.1, 0.15) is 152 Å². The molecule has 4 N–H and O–H groups in total. The van der Waals surface area contributed by atoms with E-state index in [2.05, 4.69) is 93.9 Å². The van der Waals surface area contributed by atoms with Crippen molar-refractivity contribution in [3.05, 3.63) is 69.6 Å². The molecule has 8 aliphatic rings. The number of nitrogens with one attached hydrogen (secondary N) is 2. The highest BCUT2D eigenvalue weighted by Crippen LogP contribution is 2.79. The number of ether oxygens (including phenoxy) is 2. The summed E-state index contributed by atoms with van der Waals surface area (Å²) in [5, 5.41) is 29.4. The van der Waals surface area contributed by atoms with Crippen LogP contribution in [0.3, 0.4) is 0 Å². The Morgan fingerprint density at radius 3 is 2.48 bits per heavy atom. The Morgan fingerprint density at radius 2 is 1.74 bits per heavy atom. The molecule has 3 aromatic rings. The maximum Gasteiger partial charge on any atom is 0.163 e. The van der Waals surface area contributed by atoms with Crippen molar-refractivity contribution in [3.63, 3.8) is 0 Å². The van der Waals surface area contributed by atoms with E-state index in [9.17, 15) is 15.0 Å². The van der Waals surface area contributed by atoms with Crippen LogP contribution in [0, 0.1) is 57.7 Å². The number of carbonyl (C=O) groups excluding carboxylic acids is 2. The number of aliphatic hydroxyl groups is 2. The number of aliphatic hydroxyl groups excluding tert-OH is 2. The monoisotopic (exact) mass is 888 g/mol. The van der Waals surface area contributed by atoms with Gasteiger partial charge in [-0.3, -0.25) is 9.59 Å². The fraction of sp³-hybridized carbons (Fsp3) is 0.714. The fourth-order valence-electron chi connectivity index (χ4n) is 17.6. The lowest BCUT2D eigenvalue weighted by atomic mass is 9.31. The number of carbonyl (C=O) groups is 2. The molecule has 5 aliphatic carbocycles. The van der Waals surface area contributed by atoms with E-state index in [1.807, 2.05) is 7.05 Å². The second-order valence-corrected chi connectivity index (χ2v) is 24.5. The average molecular weight is 888 g/mol. The Balaban J connectivity index is 1.08. The zero-order valence-electron chi connectivity index (χ0n) is 40.7. The molecule has 12 unspecified atom stereocenters. The number of benzene rings is 1. The number of epoxide rings is 1.